The summed E-state index contributed by atoms with van der Waals surface area (Å²) in [6.07, 6.45) is -0.338. The van der Waals surface area contributed by atoms with Gasteiger partial charge >= 0.3 is 18.1 Å². The topological polar surface area (TPSA) is 119 Å². The van der Waals surface area contributed by atoms with E-state index in [0.717, 1.165) is 0 Å². The van der Waals surface area contributed by atoms with Gasteiger partial charge in [-0.25, -0.2) is 14.4 Å². The molecule has 0 aromatic heterocycles. The number of rotatable bonds is 7. The average molecular weight is 463 g/mol. The number of benzene rings is 1. The largest absolute Gasteiger partial charge is 0.493 e. The van der Waals surface area contributed by atoms with Crippen molar-refractivity contribution in [1.82, 2.24) is 20.4 Å². The Morgan fingerprint density at radius 2 is 1.76 bits per heavy atom. The van der Waals surface area contributed by atoms with Crippen LogP contribution in [0.25, 0.3) is 0 Å². The summed E-state index contributed by atoms with van der Waals surface area (Å²) in [5, 5.41) is 5.56. The van der Waals surface area contributed by atoms with Crippen molar-refractivity contribution in [3.63, 3.8) is 0 Å². The lowest BCUT2D eigenvalue weighted by molar-refractivity contribution is -0.136. The molecule has 1 aromatic rings. The summed E-state index contributed by atoms with van der Waals surface area (Å²) in [5.41, 5.74) is 1.40. The molecule has 1 aromatic carbocycles. The molecule has 0 spiro atoms. The van der Waals surface area contributed by atoms with Crippen LogP contribution in [0.1, 0.15) is 18.5 Å². The molecule has 11 heteroatoms. The molecule has 0 radical (unpaired) electrons. The highest BCUT2D eigenvalue weighted by Gasteiger charge is 2.35. The van der Waals surface area contributed by atoms with Crippen LogP contribution in [0.15, 0.2) is 29.5 Å². The van der Waals surface area contributed by atoms with E-state index in [0.29, 0.717) is 67.7 Å². The molecule has 2 aliphatic heterocycles. The number of methoxy groups -OCH3 is 3. The molecule has 33 heavy (non-hydrogen) atoms. The Kier molecular flexibility index (Phi) is 7.99. The number of carbonyl (C=O) groups is 3. The number of urea groups is 1. The third-order valence-corrected chi connectivity index (χ3v) is 5.58. The minimum atomic E-state index is -0.734. The standard InChI is InChI=1S/C22H30N4O7/c1-5-33-22(29)26-10-8-25(9-11-26)13-15-18(20(27)32-4)19(24-21(28)23-15)14-6-7-16(30-2)17(12-14)31-3/h6-7,12,19H,5,8-11,13H2,1-4H3,(H2,23,24,28). The summed E-state index contributed by atoms with van der Waals surface area (Å²) in [4.78, 5) is 40.9. The molecule has 180 valence electrons. The van der Waals surface area contributed by atoms with Gasteiger partial charge in [0, 0.05) is 38.4 Å². The Labute approximate surface area is 192 Å². The van der Waals surface area contributed by atoms with Gasteiger partial charge in [-0.1, -0.05) is 6.07 Å². The van der Waals surface area contributed by atoms with E-state index in [4.69, 9.17) is 18.9 Å². The fourth-order valence-corrected chi connectivity index (χ4v) is 3.90. The maximum Gasteiger partial charge on any atom is 0.409 e. The van der Waals surface area contributed by atoms with E-state index < -0.39 is 18.0 Å². The molecule has 0 aliphatic carbocycles. The monoisotopic (exact) mass is 462 g/mol. The zero-order valence-electron chi connectivity index (χ0n) is 19.3. The van der Waals surface area contributed by atoms with Crippen molar-refractivity contribution in [3.05, 3.63) is 35.0 Å². The number of esters is 1. The van der Waals surface area contributed by atoms with Crippen LogP contribution in [0, 0.1) is 0 Å². The van der Waals surface area contributed by atoms with Crippen molar-refractivity contribution in [1.29, 1.82) is 0 Å². The van der Waals surface area contributed by atoms with Crippen LogP contribution in [0.5, 0.6) is 11.5 Å². The predicted molar refractivity (Wildman–Crippen MR) is 118 cm³/mol. The lowest BCUT2D eigenvalue weighted by atomic mass is 9.94. The van der Waals surface area contributed by atoms with Gasteiger partial charge in [-0.15, -0.1) is 0 Å². The number of amides is 3. The molecule has 0 saturated carbocycles. The Morgan fingerprint density at radius 1 is 1.06 bits per heavy atom. The summed E-state index contributed by atoms with van der Waals surface area (Å²) in [5.74, 6) is 0.455. The molecule has 2 heterocycles. The van der Waals surface area contributed by atoms with Gasteiger partial charge in [-0.2, -0.15) is 0 Å². The molecule has 1 atom stereocenters. The number of hydrogen-bond acceptors (Lipinski definition) is 8. The zero-order valence-corrected chi connectivity index (χ0v) is 19.3. The van der Waals surface area contributed by atoms with E-state index >= 15 is 0 Å². The summed E-state index contributed by atoms with van der Waals surface area (Å²) in [6.45, 7) is 4.53. The van der Waals surface area contributed by atoms with Crippen molar-refractivity contribution in [2.45, 2.75) is 13.0 Å². The highest BCUT2D eigenvalue weighted by Crippen LogP contribution is 2.34. The van der Waals surface area contributed by atoms with E-state index in [1.807, 2.05) is 0 Å². The van der Waals surface area contributed by atoms with Gasteiger partial charge < -0.3 is 34.5 Å². The van der Waals surface area contributed by atoms with Gasteiger partial charge in [0.05, 0.1) is 39.6 Å². The second kappa shape index (κ2) is 10.9. The van der Waals surface area contributed by atoms with Crippen LogP contribution in [0.3, 0.4) is 0 Å². The van der Waals surface area contributed by atoms with Crippen LogP contribution in [-0.4, -0.2) is 88.6 Å². The van der Waals surface area contributed by atoms with Gasteiger partial charge in [0.25, 0.3) is 0 Å². The Hall–Kier alpha value is -3.47. The third-order valence-electron chi connectivity index (χ3n) is 5.58. The molecule has 1 unspecified atom stereocenters. The number of ether oxygens (including phenoxy) is 4. The first-order valence-electron chi connectivity index (χ1n) is 10.7. The fourth-order valence-electron chi connectivity index (χ4n) is 3.90. The quantitative estimate of drug-likeness (QED) is 0.582. The van der Waals surface area contributed by atoms with Crippen molar-refractivity contribution in [2.24, 2.45) is 0 Å². The Balaban J connectivity index is 1.87. The maximum atomic E-state index is 12.8. The first-order chi connectivity index (χ1) is 15.9. The summed E-state index contributed by atoms with van der Waals surface area (Å²) in [6, 6.07) is 4.03. The second-order valence-electron chi connectivity index (χ2n) is 7.49. The molecular weight excluding hydrogens is 432 g/mol. The third kappa shape index (κ3) is 5.48. The van der Waals surface area contributed by atoms with Gasteiger partial charge in [-0.3, -0.25) is 4.90 Å². The van der Waals surface area contributed by atoms with Crippen LogP contribution < -0.4 is 20.1 Å². The molecule has 1 saturated heterocycles. The van der Waals surface area contributed by atoms with Crippen LogP contribution in [0.4, 0.5) is 9.59 Å². The van der Waals surface area contributed by atoms with Crippen LogP contribution in [0.2, 0.25) is 0 Å². The van der Waals surface area contributed by atoms with E-state index in [2.05, 4.69) is 15.5 Å². The molecule has 11 nitrogen and oxygen atoms in total. The normalized spacial score (nSPS) is 18.8. The lowest BCUT2D eigenvalue weighted by Gasteiger charge is -2.36. The Morgan fingerprint density at radius 3 is 2.36 bits per heavy atom. The van der Waals surface area contributed by atoms with Crippen molar-refractivity contribution in [3.8, 4) is 11.5 Å². The first kappa shape index (κ1) is 24.2. The number of hydrogen-bond donors (Lipinski definition) is 2. The number of carbonyl (C=O) groups excluding carboxylic acids is 3. The van der Waals surface area contributed by atoms with E-state index in [1.54, 1.807) is 30.0 Å². The van der Waals surface area contributed by atoms with Crippen molar-refractivity contribution >= 4 is 18.1 Å². The minimum absolute atomic E-state index is 0.303. The molecule has 2 aliphatic rings. The first-order valence-corrected chi connectivity index (χ1v) is 10.7. The lowest BCUT2D eigenvalue weighted by Crippen LogP contribution is -2.52. The summed E-state index contributed by atoms with van der Waals surface area (Å²) in [7, 11) is 4.34. The molecule has 2 N–H and O–H groups in total. The zero-order chi connectivity index (χ0) is 24.0. The van der Waals surface area contributed by atoms with E-state index in [-0.39, 0.29) is 6.09 Å². The predicted octanol–water partition coefficient (Wildman–Crippen LogP) is 1.26. The highest BCUT2D eigenvalue weighted by molar-refractivity contribution is 5.95. The molecule has 3 amide bonds. The van der Waals surface area contributed by atoms with Crippen LogP contribution >= 0.6 is 0 Å². The van der Waals surface area contributed by atoms with Gasteiger partial charge in [-0.05, 0) is 24.6 Å². The average Bonchev–Trinajstić information content (AvgIpc) is 2.83. The molecule has 0 bridgehead atoms. The fraction of sp³-hybridized carbons (Fsp3) is 0.500. The molecule has 1 fully saturated rings. The second-order valence-corrected chi connectivity index (χ2v) is 7.49. The molecular formula is C22H30N4O7. The molecule has 3 rings (SSSR count). The van der Waals surface area contributed by atoms with Gasteiger partial charge in [0.1, 0.15) is 0 Å². The maximum absolute atomic E-state index is 12.8. The SMILES string of the molecule is CCOC(=O)N1CCN(CC2=C(C(=O)OC)C(c3ccc(OC)c(OC)c3)NC(=O)N2)CC1. The van der Waals surface area contributed by atoms with E-state index in [9.17, 15) is 14.4 Å². The van der Waals surface area contributed by atoms with Crippen molar-refractivity contribution < 1.29 is 33.3 Å². The number of piperazine rings is 1. The van der Waals surface area contributed by atoms with Crippen LogP contribution in [-0.2, 0) is 14.3 Å². The van der Waals surface area contributed by atoms with Crippen molar-refractivity contribution in [2.75, 3.05) is 60.7 Å². The Bertz CT molecular complexity index is 925. The van der Waals surface area contributed by atoms with E-state index in [1.165, 1.54) is 21.3 Å². The number of nitrogens with zero attached hydrogens (tertiary/aromatic N) is 2. The highest BCUT2D eigenvalue weighted by atomic mass is 16.6. The summed E-state index contributed by atoms with van der Waals surface area (Å²) >= 11 is 0. The summed E-state index contributed by atoms with van der Waals surface area (Å²) < 4.78 is 20.8. The van der Waals surface area contributed by atoms with Gasteiger partial charge in [0.15, 0.2) is 11.5 Å². The smallest absolute Gasteiger partial charge is 0.409 e. The number of nitrogens with one attached hydrogen (secondary N) is 2. The minimum Gasteiger partial charge on any atom is -0.493 e. The van der Waals surface area contributed by atoms with Gasteiger partial charge in [0.2, 0.25) is 0 Å².